The zero-order chi connectivity index (χ0) is 15.5. The topological polar surface area (TPSA) is 84.0 Å². The van der Waals surface area contributed by atoms with Gasteiger partial charge < -0.3 is 0 Å². The number of hydrazine groups is 1. The molecular weight excluding hydrogens is 288 g/mol. The van der Waals surface area contributed by atoms with E-state index in [4.69, 9.17) is 0 Å². The average Bonchev–Trinajstić information content (AvgIpc) is 2.99. The Morgan fingerprint density at radius 1 is 1.24 bits per heavy atom. The van der Waals surface area contributed by atoms with E-state index in [-0.39, 0.29) is 11.6 Å². The van der Waals surface area contributed by atoms with Crippen LogP contribution in [0, 0.1) is 6.92 Å². The summed E-state index contributed by atoms with van der Waals surface area (Å²) >= 11 is 1.28. The SMILES string of the molecule is Cc1cccc(C(=O)NNC(=O)C(C)(C)c2cnsc2)n1. The largest absolute Gasteiger partial charge is 0.288 e. The summed E-state index contributed by atoms with van der Waals surface area (Å²) in [6, 6.07) is 5.12. The number of carbonyl (C=O) groups is 2. The summed E-state index contributed by atoms with van der Waals surface area (Å²) in [5, 5.41) is 1.81. The van der Waals surface area contributed by atoms with Gasteiger partial charge in [-0.1, -0.05) is 6.07 Å². The van der Waals surface area contributed by atoms with Crippen molar-refractivity contribution in [1.82, 2.24) is 20.2 Å². The first-order chi connectivity index (χ1) is 9.91. The fraction of sp³-hybridized carbons (Fsp3) is 0.286. The first-order valence-corrected chi connectivity index (χ1v) is 7.19. The Morgan fingerprint density at radius 2 is 2.00 bits per heavy atom. The summed E-state index contributed by atoms with van der Waals surface area (Å²) in [5.74, 6) is -0.769. The predicted octanol–water partition coefficient (Wildman–Crippen LogP) is 1.59. The molecule has 0 saturated carbocycles. The number of hydrogen-bond donors (Lipinski definition) is 2. The Morgan fingerprint density at radius 3 is 2.62 bits per heavy atom. The normalized spacial score (nSPS) is 11.0. The summed E-state index contributed by atoms with van der Waals surface area (Å²) in [5.41, 5.74) is 5.81. The van der Waals surface area contributed by atoms with Crippen LogP contribution in [0.3, 0.4) is 0 Å². The van der Waals surface area contributed by atoms with Crippen molar-refractivity contribution < 1.29 is 9.59 Å². The van der Waals surface area contributed by atoms with Crippen molar-refractivity contribution in [3.63, 3.8) is 0 Å². The van der Waals surface area contributed by atoms with Crippen molar-refractivity contribution in [3.05, 3.63) is 46.7 Å². The van der Waals surface area contributed by atoms with E-state index in [1.165, 1.54) is 11.5 Å². The Bertz CT molecular complexity index is 653. The monoisotopic (exact) mass is 304 g/mol. The summed E-state index contributed by atoms with van der Waals surface area (Å²) in [6.07, 6.45) is 1.65. The molecule has 0 aliphatic carbocycles. The molecule has 0 saturated heterocycles. The molecular formula is C14H16N4O2S. The van der Waals surface area contributed by atoms with Gasteiger partial charge in [-0.05, 0) is 50.0 Å². The molecule has 0 aliphatic rings. The van der Waals surface area contributed by atoms with Gasteiger partial charge in [-0.2, -0.15) is 0 Å². The first kappa shape index (κ1) is 15.1. The number of nitrogens with zero attached hydrogens (tertiary/aromatic N) is 2. The van der Waals surface area contributed by atoms with Gasteiger partial charge in [0.1, 0.15) is 5.69 Å². The Kier molecular flexibility index (Phi) is 4.32. The van der Waals surface area contributed by atoms with Crippen LogP contribution in [0.4, 0.5) is 0 Å². The van der Waals surface area contributed by atoms with E-state index in [0.29, 0.717) is 0 Å². The molecule has 2 heterocycles. The number of aryl methyl sites for hydroxylation is 1. The fourth-order valence-corrected chi connectivity index (χ4v) is 2.35. The molecule has 2 rings (SSSR count). The molecule has 7 heteroatoms. The van der Waals surface area contributed by atoms with Crippen molar-refractivity contribution >= 4 is 23.3 Å². The molecule has 0 spiro atoms. The van der Waals surface area contributed by atoms with Crippen LogP contribution in [-0.2, 0) is 10.2 Å². The van der Waals surface area contributed by atoms with E-state index in [9.17, 15) is 9.59 Å². The van der Waals surface area contributed by atoms with Gasteiger partial charge in [-0.15, -0.1) is 0 Å². The quantitative estimate of drug-likeness (QED) is 0.843. The first-order valence-electron chi connectivity index (χ1n) is 6.35. The van der Waals surface area contributed by atoms with Gasteiger partial charge >= 0.3 is 0 Å². The smallest absolute Gasteiger partial charge is 0.272 e. The van der Waals surface area contributed by atoms with Gasteiger partial charge in [0.15, 0.2) is 0 Å². The fourth-order valence-electron chi connectivity index (χ4n) is 1.65. The molecule has 0 fully saturated rings. The Hall–Kier alpha value is -2.28. The standard InChI is InChI=1S/C14H16N4O2S/c1-9-5-4-6-11(16-9)12(19)17-18-13(20)14(2,3)10-7-15-21-8-10/h4-8H,1-3H3,(H,17,19)(H,18,20). The highest BCUT2D eigenvalue weighted by Gasteiger charge is 2.31. The number of nitrogens with one attached hydrogen (secondary N) is 2. The molecule has 110 valence electrons. The molecule has 0 aliphatic heterocycles. The van der Waals surface area contributed by atoms with E-state index in [1.807, 2.05) is 5.38 Å². The maximum absolute atomic E-state index is 12.2. The van der Waals surface area contributed by atoms with Crippen molar-refractivity contribution in [2.45, 2.75) is 26.2 Å². The van der Waals surface area contributed by atoms with Crippen LogP contribution < -0.4 is 10.9 Å². The second-order valence-corrected chi connectivity index (χ2v) is 5.77. The molecule has 6 nitrogen and oxygen atoms in total. The van der Waals surface area contributed by atoms with Gasteiger partial charge in [0.25, 0.3) is 5.91 Å². The number of hydrogen-bond acceptors (Lipinski definition) is 5. The number of carbonyl (C=O) groups excluding carboxylic acids is 2. The van der Waals surface area contributed by atoms with Crippen LogP contribution in [-0.4, -0.2) is 21.2 Å². The molecule has 2 aromatic rings. The third-order valence-corrected chi connectivity index (χ3v) is 3.72. The van der Waals surface area contributed by atoms with Gasteiger partial charge in [-0.25, -0.2) is 9.36 Å². The van der Waals surface area contributed by atoms with Gasteiger partial charge in [0, 0.05) is 17.3 Å². The molecule has 0 unspecified atom stereocenters. The van der Waals surface area contributed by atoms with E-state index in [0.717, 1.165) is 11.3 Å². The number of pyridine rings is 1. The lowest BCUT2D eigenvalue weighted by Gasteiger charge is -2.22. The van der Waals surface area contributed by atoms with Crippen LogP contribution in [0.2, 0.25) is 0 Å². The minimum Gasteiger partial charge on any atom is -0.272 e. The van der Waals surface area contributed by atoms with Crippen LogP contribution in [0.1, 0.15) is 35.6 Å². The lowest BCUT2D eigenvalue weighted by molar-refractivity contribution is -0.126. The Labute approximate surface area is 126 Å². The number of aromatic nitrogens is 2. The summed E-state index contributed by atoms with van der Waals surface area (Å²) < 4.78 is 3.99. The second kappa shape index (κ2) is 6.01. The summed E-state index contributed by atoms with van der Waals surface area (Å²) in [7, 11) is 0. The molecule has 21 heavy (non-hydrogen) atoms. The van der Waals surface area contributed by atoms with Gasteiger partial charge in [0.05, 0.1) is 5.41 Å². The van der Waals surface area contributed by atoms with Crippen LogP contribution in [0.15, 0.2) is 29.8 Å². The third-order valence-electron chi connectivity index (χ3n) is 3.13. The molecule has 0 radical (unpaired) electrons. The zero-order valence-electron chi connectivity index (χ0n) is 12.0. The molecule has 2 N–H and O–H groups in total. The Balaban J connectivity index is 2.00. The minimum atomic E-state index is -0.777. The lowest BCUT2D eigenvalue weighted by Crippen LogP contribution is -2.49. The minimum absolute atomic E-state index is 0.255. The molecule has 2 amide bonds. The van der Waals surface area contributed by atoms with Crippen LogP contribution in [0.5, 0.6) is 0 Å². The zero-order valence-corrected chi connectivity index (χ0v) is 12.8. The highest BCUT2D eigenvalue weighted by Crippen LogP contribution is 2.23. The van der Waals surface area contributed by atoms with Crippen LogP contribution in [0.25, 0.3) is 0 Å². The lowest BCUT2D eigenvalue weighted by atomic mass is 9.86. The molecule has 0 bridgehead atoms. The average molecular weight is 304 g/mol. The van der Waals surface area contributed by atoms with Crippen molar-refractivity contribution in [2.75, 3.05) is 0 Å². The van der Waals surface area contributed by atoms with E-state index in [1.54, 1.807) is 45.2 Å². The highest BCUT2D eigenvalue weighted by molar-refractivity contribution is 7.03. The summed E-state index contributed by atoms with van der Waals surface area (Å²) in [6.45, 7) is 5.33. The van der Waals surface area contributed by atoms with E-state index >= 15 is 0 Å². The van der Waals surface area contributed by atoms with Gasteiger partial charge in [0.2, 0.25) is 5.91 Å². The number of amides is 2. The molecule has 2 aromatic heterocycles. The van der Waals surface area contributed by atoms with Crippen LogP contribution >= 0.6 is 11.5 Å². The van der Waals surface area contributed by atoms with Crippen molar-refractivity contribution in [3.8, 4) is 0 Å². The number of rotatable bonds is 3. The van der Waals surface area contributed by atoms with E-state index in [2.05, 4.69) is 20.2 Å². The van der Waals surface area contributed by atoms with Gasteiger partial charge in [-0.3, -0.25) is 20.4 Å². The highest BCUT2D eigenvalue weighted by atomic mass is 32.1. The third kappa shape index (κ3) is 3.43. The maximum Gasteiger partial charge on any atom is 0.288 e. The van der Waals surface area contributed by atoms with Crippen molar-refractivity contribution in [2.24, 2.45) is 0 Å². The second-order valence-electron chi connectivity index (χ2n) is 5.11. The maximum atomic E-state index is 12.2. The molecule has 0 atom stereocenters. The van der Waals surface area contributed by atoms with Crippen molar-refractivity contribution in [1.29, 1.82) is 0 Å². The molecule has 0 aromatic carbocycles. The predicted molar refractivity (Wildman–Crippen MR) is 79.7 cm³/mol. The summed E-state index contributed by atoms with van der Waals surface area (Å²) in [4.78, 5) is 28.2. The van der Waals surface area contributed by atoms with E-state index < -0.39 is 11.3 Å².